The van der Waals surface area contributed by atoms with Crippen LogP contribution in [0, 0.1) is 0 Å². The minimum absolute atomic E-state index is 0.808. The lowest BCUT2D eigenvalue weighted by molar-refractivity contribution is 0.112. The summed E-state index contributed by atoms with van der Waals surface area (Å²) in [7, 11) is 0. The Labute approximate surface area is 159 Å². The van der Waals surface area contributed by atoms with Gasteiger partial charge in [0.2, 0.25) is 0 Å². The molecule has 0 saturated heterocycles. The van der Waals surface area contributed by atoms with Crippen LogP contribution in [0.25, 0.3) is 0 Å². The van der Waals surface area contributed by atoms with Crippen LogP contribution in [0.4, 0.5) is 0 Å². The largest absolute Gasteiger partial charge is 0.298 e. The van der Waals surface area contributed by atoms with Gasteiger partial charge < -0.3 is 0 Å². The summed E-state index contributed by atoms with van der Waals surface area (Å²) >= 11 is 0. The van der Waals surface area contributed by atoms with Crippen molar-refractivity contribution < 1.29 is 4.79 Å². The highest BCUT2D eigenvalue weighted by atomic mass is 16.1. The lowest BCUT2D eigenvalue weighted by Gasteiger charge is -2.11. The maximum Gasteiger partial charge on any atom is 0.150 e. The highest BCUT2D eigenvalue weighted by molar-refractivity contribution is 5.75. The molecule has 2 rings (SSSR count). The van der Waals surface area contributed by atoms with Crippen molar-refractivity contribution in [3.63, 3.8) is 0 Å². The normalized spacial score (nSPS) is 10.8. The van der Waals surface area contributed by atoms with Crippen molar-refractivity contribution in [3.05, 3.63) is 70.8 Å². The Morgan fingerprint density at radius 1 is 0.692 bits per heavy atom. The summed E-state index contributed by atoms with van der Waals surface area (Å²) in [6, 6.07) is 16.9. The molecule has 0 aliphatic rings. The molecule has 0 saturated carbocycles. The molecule has 140 valence electrons. The van der Waals surface area contributed by atoms with Crippen LogP contribution in [0.1, 0.15) is 85.3 Å². The molecule has 0 aromatic heterocycles. The maximum absolute atomic E-state index is 11.2. The zero-order chi connectivity index (χ0) is 18.5. The second kappa shape index (κ2) is 12.5. The van der Waals surface area contributed by atoms with Gasteiger partial charge in [-0.1, -0.05) is 87.9 Å². The Hall–Kier alpha value is -1.89. The Morgan fingerprint density at radius 2 is 1.38 bits per heavy atom. The molecule has 2 aromatic carbocycles. The minimum Gasteiger partial charge on any atom is -0.298 e. The van der Waals surface area contributed by atoms with Gasteiger partial charge in [-0.3, -0.25) is 4.79 Å². The molecule has 1 heteroatoms. The summed E-state index contributed by atoms with van der Waals surface area (Å²) < 4.78 is 0. The van der Waals surface area contributed by atoms with Gasteiger partial charge in [0.25, 0.3) is 0 Å². The van der Waals surface area contributed by atoms with E-state index in [4.69, 9.17) is 0 Å². The second-order valence-electron chi connectivity index (χ2n) is 7.36. The first-order valence-corrected chi connectivity index (χ1v) is 10.4. The van der Waals surface area contributed by atoms with Gasteiger partial charge in [-0.2, -0.15) is 0 Å². The van der Waals surface area contributed by atoms with E-state index in [0.717, 1.165) is 37.5 Å². The molecule has 0 N–H and O–H groups in total. The predicted molar refractivity (Wildman–Crippen MR) is 112 cm³/mol. The van der Waals surface area contributed by atoms with Crippen LogP contribution < -0.4 is 0 Å². The van der Waals surface area contributed by atoms with Crippen molar-refractivity contribution >= 4 is 6.29 Å². The number of hydrogen-bond acceptors (Lipinski definition) is 1. The molecule has 1 nitrogen and oxygen atoms in total. The number of aryl methyl sites for hydroxylation is 3. The predicted octanol–water partition coefficient (Wildman–Crippen LogP) is 6.97. The Morgan fingerprint density at radius 3 is 2.12 bits per heavy atom. The molecule has 0 spiro atoms. The zero-order valence-electron chi connectivity index (χ0n) is 16.4. The van der Waals surface area contributed by atoms with Gasteiger partial charge >= 0.3 is 0 Å². The van der Waals surface area contributed by atoms with E-state index in [9.17, 15) is 4.79 Å². The summed E-state index contributed by atoms with van der Waals surface area (Å²) in [6.07, 6.45) is 14.8. The third kappa shape index (κ3) is 7.56. The SMILES string of the molecule is CCCCCCCCCc1ccc(C=O)cc1CCCc1ccccc1. The van der Waals surface area contributed by atoms with E-state index in [0.29, 0.717) is 0 Å². The number of carbonyl (C=O) groups is 1. The van der Waals surface area contributed by atoms with Crippen molar-refractivity contribution in [2.75, 3.05) is 0 Å². The van der Waals surface area contributed by atoms with Crippen LogP contribution >= 0.6 is 0 Å². The maximum atomic E-state index is 11.2. The third-order valence-electron chi connectivity index (χ3n) is 5.17. The Kier molecular flexibility index (Phi) is 9.79. The van der Waals surface area contributed by atoms with E-state index in [1.807, 2.05) is 6.07 Å². The van der Waals surface area contributed by atoms with Crippen LogP contribution in [0.3, 0.4) is 0 Å². The molecule has 0 amide bonds. The first-order chi connectivity index (χ1) is 12.8. The number of benzene rings is 2. The number of hydrogen-bond donors (Lipinski definition) is 0. The Balaban J connectivity index is 1.82. The van der Waals surface area contributed by atoms with Crippen LogP contribution in [-0.2, 0) is 19.3 Å². The molecular formula is C25H34O. The number of aldehydes is 1. The molecule has 0 aliphatic carbocycles. The molecule has 0 bridgehead atoms. The number of unbranched alkanes of at least 4 members (excludes halogenated alkanes) is 6. The van der Waals surface area contributed by atoms with Crippen LogP contribution in [0.5, 0.6) is 0 Å². The van der Waals surface area contributed by atoms with Crippen molar-refractivity contribution in [2.45, 2.75) is 77.6 Å². The number of carbonyl (C=O) groups excluding carboxylic acids is 1. The lowest BCUT2D eigenvalue weighted by atomic mass is 9.94. The van der Waals surface area contributed by atoms with Gasteiger partial charge in [0.1, 0.15) is 6.29 Å². The molecule has 0 unspecified atom stereocenters. The van der Waals surface area contributed by atoms with Crippen LogP contribution in [0.2, 0.25) is 0 Å². The summed E-state index contributed by atoms with van der Waals surface area (Å²) in [4.78, 5) is 11.2. The Bertz CT molecular complexity index is 630. The van der Waals surface area contributed by atoms with E-state index in [1.165, 1.54) is 61.6 Å². The standard InChI is InChI=1S/C25H34O/c1-2-3-4-5-6-7-11-16-24-19-18-23(21-26)20-25(24)17-12-15-22-13-9-8-10-14-22/h8-10,13-14,18-21H,2-7,11-12,15-17H2,1H3. The highest BCUT2D eigenvalue weighted by Gasteiger charge is 2.05. The molecular weight excluding hydrogens is 316 g/mol. The summed E-state index contributed by atoms with van der Waals surface area (Å²) in [5.41, 5.74) is 5.02. The third-order valence-corrected chi connectivity index (χ3v) is 5.17. The second-order valence-corrected chi connectivity index (χ2v) is 7.36. The van der Waals surface area contributed by atoms with E-state index in [-0.39, 0.29) is 0 Å². The van der Waals surface area contributed by atoms with Gasteiger partial charge in [0.05, 0.1) is 0 Å². The fourth-order valence-electron chi connectivity index (χ4n) is 3.60. The molecule has 2 aromatic rings. The average molecular weight is 351 g/mol. The van der Waals surface area contributed by atoms with Crippen molar-refractivity contribution in [3.8, 4) is 0 Å². The molecule has 0 atom stereocenters. The van der Waals surface area contributed by atoms with Crippen molar-refractivity contribution in [2.24, 2.45) is 0 Å². The summed E-state index contributed by atoms with van der Waals surface area (Å²) in [5, 5.41) is 0. The lowest BCUT2D eigenvalue weighted by Crippen LogP contribution is -1.98. The summed E-state index contributed by atoms with van der Waals surface area (Å²) in [5.74, 6) is 0. The first kappa shape index (κ1) is 20.4. The van der Waals surface area contributed by atoms with Gasteiger partial charge in [0, 0.05) is 5.56 Å². The van der Waals surface area contributed by atoms with E-state index in [1.54, 1.807) is 0 Å². The van der Waals surface area contributed by atoms with E-state index >= 15 is 0 Å². The number of rotatable bonds is 13. The smallest absolute Gasteiger partial charge is 0.150 e. The minimum atomic E-state index is 0.808. The molecule has 0 heterocycles. The molecule has 0 fully saturated rings. The summed E-state index contributed by atoms with van der Waals surface area (Å²) in [6.45, 7) is 2.27. The van der Waals surface area contributed by atoms with E-state index < -0.39 is 0 Å². The fourth-order valence-corrected chi connectivity index (χ4v) is 3.60. The highest BCUT2D eigenvalue weighted by Crippen LogP contribution is 2.18. The van der Waals surface area contributed by atoms with E-state index in [2.05, 4.69) is 49.4 Å². The molecule has 0 aliphatic heterocycles. The quantitative estimate of drug-likeness (QED) is 0.282. The van der Waals surface area contributed by atoms with Gasteiger partial charge in [-0.25, -0.2) is 0 Å². The fraction of sp³-hybridized carbons (Fsp3) is 0.480. The monoisotopic (exact) mass is 350 g/mol. The van der Waals surface area contributed by atoms with Crippen molar-refractivity contribution in [1.82, 2.24) is 0 Å². The molecule has 0 radical (unpaired) electrons. The van der Waals surface area contributed by atoms with Crippen LogP contribution in [-0.4, -0.2) is 6.29 Å². The molecule has 26 heavy (non-hydrogen) atoms. The average Bonchev–Trinajstić information content (AvgIpc) is 2.69. The van der Waals surface area contributed by atoms with Gasteiger partial charge in [0.15, 0.2) is 0 Å². The first-order valence-electron chi connectivity index (χ1n) is 10.4. The topological polar surface area (TPSA) is 17.1 Å². The van der Waals surface area contributed by atoms with Crippen molar-refractivity contribution in [1.29, 1.82) is 0 Å². The zero-order valence-corrected chi connectivity index (χ0v) is 16.4. The van der Waals surface area contributed by atoms with Gasteiger partial charge in [-0.15, -0.1) is 0 Å². The van der Waals surface area contributed by atoms with Gasteiger partial charge in [-0.05, 0) is 54.9 Å². The van der Waals surface area contributed by atoms with Crippen LogP contribution in [0.15, 0.2) is 48.5 Å².